The molecule has 3 atom stereocenters. The van der Waals surface area contributed by atoms with Crippen molar-refractivity contribution in [3.05, 3.63) is 85.1 Å². The number of likely N-dealkylation sites (N-methyl/N-ethyl adjacent to an activating group) is 1. The summed E-state index contributed by atoms with van der Waals surface area (Å²) >= 11 is 0. The fourth-order valence-electron chi connectivity index (χ4n) is 11.7. The van der Waals surface area contributed by atoms with Gasteiger partial charge in [0.25, 0.3) is 0 Å². The number of allylic oxidation sites excluding steroid dienone is 13. The van der Waals surface area contributed by atoms with Crippen LogP contribution in [0, 0.1) is 0 Å². The van der Waals surface area contributed by atoms with Gasteiger partial charge >= 0.3 is 13.8 Å². The SMILES string of the molecule is CCCCC/C=C\C/C=C\C/C=C\CCCCCCCCCCCCCCCCC(=O)NC(COP(=O)(O)OCC[N+](C)(C)C)C(/C=C/CCCCCCCCCCCCC)OC(=O)CCCCCCCCCCCCCCCC/C=C\C/C=C\C/C=C\CCCCC. The molecule has 9 nitrogen and oxygen atoms in total. The zero-order chi connectivity index (χ0) is 67.8. The van der Waals surface area contributed by atoms with E-state index in [1.54, 1.807) is 0 Å². The molecule has 0 fully saturated rings. The molecule has 0 heterocycles. The number of hydrogen-bond donors (Lipinski definition) is 2. The molecule has 0 rings (SSSR count). The molecule has 93 heavy (non-hydrogen) atoms. The third kappa shape index (κ3) is 73.3. The van der Waals surface area contributed by atoms with Crippen LogP contribution in [0.4, 0.5) is 0 Å². The van der Waals surface area contributed by atoms with E-state index in [0.717, 1.165) is 83.5 Å². The van der Waals surface area contributed by atoms with Crippen LogP contribution >= 0.6 is 7.82 Å². The minimum atomic E-state index is -4.46. The summed E-state index contributed by atoms with van der Waals surface area (Å²) in [5.41, 5.74) is 0. The summed E-state index contributed by atoms with van der Waals surface area (Å²) in [7, 11) is 1.50. The number of unbranched alkanes of at least 4 members (excludes halogenated alkanes) is 45. The van der Waals surface area contributed by atoms with E-state index in [-0.39, 0.29) is 25.1 Å². The van der Waals surface area contributed by atoms with E-state index in [1.807, 2.05) is 27.2 Å². The van der Waals surface area contributed by atoms with Gasteiger partial charge in [-0.15, -0.1) is 0 Å². The minimum Gasteiger partial charge on any atom is -0.456 e. The van der Waals surface area contributed by atoms with Crippen molar-refractivity contribution in [2.45, 2.75) is 392 Å². The van der Waals surface area contributed by atoms with Crippen molar-refractivity contribution < 1.29 is 37.3 Å². The number of nitrogens with zero attached hydrogens (tertiary/aromatic N) is 1. The summed E-state index contributed by atoms with van der Waals surface area (Å²) in [6.45, 7) is 7.01. The number of phosphoric ester groups is 1. The molecule has 0 radical (unpaired) electrons. The number of esters is 1. The van der Waals surface area contributed by atoms with Gasteiger partial charge in [-0.3, -0.25) is 18.6 Å². The Labute approximate surface area is 577 Å². The highest BCUT2D eigenvalue weighted by Crippen LogP contribution is 2.43. The normalized spacial score (nSPS) is 13.8. The van der Waals surface area contributed by atoms with Gasteiger partial charge in [0.2, 0.25) is 5.91 Å². The Morgan fingerprint density at radius 3 is 1.00 bits per heavy atom. The molecule has 1 amide bonds. The number of amides is 1. The first-order chi connectivity index (χ1) is 45.4. The van der Waals surface area contributed by atoms with Crippen molar-refractivity contribution >= 4 is 19.7 Å². The van der Waals surface area contributed by atoms with Gasteiger partial charge in [0.05, 0.1) is 33.8 Å². The number of carbonyl (C=O) groups excluding carboxylic acids is 2. The van der Waals surface area contributed by atoms with Crippen LogP contribution in [0.15, 0.2) is 85.1 Å². The minimum absolute atomic E-state index is 0.0392. The maximum absolute atomic E-state index is 13.7. The molecule has 0 saturated heterocycles. The first-order valence-electron chi connectivity index (χ1n) is 39.9. The monoisotopic (exact) mass is 1320 g/mol. The van der Waals surface area contributed by atoms with Gasteiger partial charge in [0.1, 0.15) is 19.3 Å². The van der Waals surface area contributed by atoms with Crippen molar-refractivity contribution in [3.63, 3.8) is 0 Å². The highest BCUT2D eigenvalue weighted by atomic mass is 31.2. The maximum atomic E-state index is 13.7. The second kappa shape index (κ2) is 71.9. The van der Waals surface area contributed by atoms with Crippen LogP contribution in [0.2, 0.25) is 0 Å². The average Bonchev–Trinajstić information content (AvgIpc) is 2.31. The van der Waals surface area contributed by atoms with E-state index in [1.165, 1.54) is 263 Å². The van der Waals surface area contributed by atoms with Crippen molar-refractivity contribution in [2.75, 3.05) is 40.9 Å². The molecule has 0 saturated carbocycles. The van der Waals surface area contributed by atoms with Crippen LogP contribution in [0.1, 0.15) is 380 Å². The topological polar surface area (TPSA) is 111 Å². The van der Waals surface area contributed by atoms with E-state index in [9.17, 15) is 19.0 Å². The van der Waals surface area contributed by atoms with Gasteiger partial charge < -0.3 is 19.4 Å². The Morgan fingerprint density at radius 1 is 0.376 bits per heavy atom. The summed E-state index contributed by atoms with van der Waals surface area (Å²) in [4.78, 5) is 38.1. The molecule has 0 aliphatic carbocycles. The Balaban J connectivity index is 4.95. The van der Waals surface area contributed by atoms with Crippen LogP contribution in [0.5, 0.6) is 0 Å². The van der Waals surface area contributed by atoms with Crippen LogP contribution in [0.25, 0.3) is 0 Å². The van der Waals surface area contributed by atoms with Gasteiger partial charge in [-0.2, -0.15) is 0 Å². The summed E-state index contributed by atoms with van der Waals surface area (Å²) in [5, 5.41) is 3.09. The molecule has 0 spiro atoms. The van der Waals surface area contributed by atoms with Crippen molar-refractivity contribution in [1.29, 1.82) is 0 Å². The third-order valence-electron chi connectivity index (χ3n) is 17.8. The molecule has 2 N–H and O–H groups in total. The van der Waals surface area contributed by atoms with Gasteiger partial charge in [0.15, 0.2) is 0 Å². The molecule has 0 aromatic heterocycles. The summed E-state index contributed by atoms with van der Waals surface area (Å²) < 4.78 is 31.0. The van der Waals surface area contributed by atoms with E-state index in [2.05, 4.69) is 105 Å². The Kier molecular flexibility index (Phi) is 69.8. The lowest BCUT2D eigenvalue weighted by atomic mass is 10.0. The number of carbonyl (C=O) groups is 2. The Morgan fingerprint density at radius 2 is 0.656 bits per heavy atom. The number of quaternary nitrogens is 1. The van der Waals surface area contributed by atoms with Gasteiger partial charge in [-0.25, -0.2) is 4.57 Å². The average molecular weight is 1320 g/mol. The molecule has 3 unspecified atom stereocenters. The van der Waals surface area contributed by atoms with Crippen LogP contribution < -0.4 is 5.32 Å². The molecule has 542 valence electrons. The smallest absolute Gasteiger partial charge is 0.456 e. The van der Waals surface area contributed by atoms with Gasteiger partial charge in [-0.05, 0) is 109 Å². The largest absolute Gasteiger partial charge is 0.472 e. The van der Waals surface area contributed by atoms with E-state index in [4.69, 9.17) is 13.8 Å². The lowest BCUT2D eigenvalue weighted by molar-refractivity contribution is -0.870. The predicted molar refractivity (Wildman–Crippen MR) is 406 cm³/mol. The fraction of sp³-hybridized carbons (Fsp3) is 0.807. The highest BCUT2D eigenvalue weighted by Gasteiger charge is 2.30. The predicted octanol–water partition coefficient (Wildman–Crippen LogP) is 26.0. The molecule has 0 aliphatic heterocycles. The van der Waals surface area contributed by atoms with E-state index in [0.29, 0.717) is 23.9 Å². The summed E-state index contributed by atoms with van der Waals surface area (Å²) in [6.07, 6.45) is 97.5. The molecule has 0 aromatic carbocycles. The van der Waals surface area contributed by atoms with Gasteiger partial charge in [0, 0.05) is 12.8 Å². The van der Waals surface area contributed by atoms with E-state index < -0.39 is 20.0 Å². The highest BCUT2D eigenvalue weighted by molar-refractivity contribution is 7.47. The number of phosphoric acid groups is 1. The zero-order valence-electron chi connectivity index (χ0n) is 62.2. The van der Waals surface area contributed by atoms with Crippen molar-refractivity contribution in [1.82, 2.24) is 5.32 Å². The first kappa shape index (κ1) is 90.2. The second-order valence-electron chi connectivity index (χ2n) is 28.2. The van der Waals surface area contributed by atoms with Gasteiger partial charge in [-0.1, -0.05) is 344 Å². The lowest BCUT2D eigenvalue weighted by Crippen LogP contribution is -2.47. The first-order valence-corrected chi connectivity index (χ1v) is 41.4. The molecular weight excluding hydrogens is 1170 g/mol. The third-order valence-corrected chi connectivity index (χ3v) is 18.8. The number of rotatable bonds is 73. The number of ether oxygens (including phenoxy) is 1. The lowest BCUT2D eigenvalue weighted by Gasteiger charge is -2.27. The van der Waals surface area contributed by atoms with Crippen LogP contribution in [-0.2, 0) is 27.9 Å². The van der Waals surface area contributed by atoms with Crippen LogP contribution in [0.3, 0.4) is 0 Å². The fourth-order valence-corrected chi connectivity index (χ4v) is 12.4. The number of hydrogen-bond acceptors (Lipinski definition) is 6. The van der Waals surface area contributed by atoms with Crippen molar-refractivity contribution in [3.8, 4) is 0 Å². The second-order valence-corrected chi connectivity index (χ2v) is 29.7. The molecular formula is C83H154N2O7P+. The maximum Gasteiger partial charge on any atom is 0.472 e. The molecule has 0 aliphatic rings. The van der Waals surface area contributed by atoms with Crippen LogP contribution in [-0.4, -0.2) is 74.3 Å². The summed E-state index contributed by atoms with van der Waals surface area (Å²) in [6, 6.07) is -0.853. The number of nitrogens with one attached hydrogen (secondary N) is 1. The Bertz CT molecular complexity index is 1870. The molecule has 0 bridgehead atoms. The zero-order valence-corrected chi connectivity index (χ0v) is 63.1. The van der Waals surface area contributed by atoms with Crippen molar-refractivity contribution in [2.24, 2.45) is 0 Å². The quantitative estimate of drug-likeness (QED) is 0.0205. The molecule has 10 heteroatoms. The standard InChI is InChI=1S/C83H153N2O7P/c1-7-10-13-16-19-22-25-28-30-32-34-36-38-40-42-44-46-48-50-52-54-57-60-63-66-69-72-75-82(86)84-80(79-91-93(88,89)90-78-77-85(4,5)6)81(74-71-68-65-62-59-56-27-24-21-18-15-12-9-3)92-83(87)76-73-70-67-64-61-58-55-53-51-49-47-45-43-41-39-37-35-33-31-29-26-23-20-17-14-11-8-2/h19-20,22-23,28-31,34-37,71,74,80-81H,7-18,21,24-27,32-33,38-70,72-73,75-79H2,1-6H3,(H-,84,86,88,89)/p+1/b22-19-,23-20-,30-28-,31-29-,36-34-,37-35-,74-71+. The molecule has 0 aromatic rings. The summed E-state index contributed by atoms with van der Waals surface area (Å²) in [5.74, 6) is -0.492. The van der Waals surface area contributed by atoms with E-state index >= 15 is 0 Å². The Hall–Kier alpha value is -2.81.